The summed E-state index contributed by atoms with van der Waals surface area (Å²) in [6, 6.07) is 11.3. The normalized spacial score (nSPS) is 12.0. The summed E-state index contributed by atoms with van der Waals surface area (Å²) in [5, 5.41) is 11.4. The first-order chi connectivity index (χ1) is 10.0. The van der Waals surface area contributed by atoms with E-state index in [1.165, 1.54) is 12.1 Å². The number of nitro benzene ring substituents is 1. The van der Waals surface area contributed by atoms with Crippen molar-refractivity contribution >= 4 is 17.3 Å². The molecule has 110 valence electrons. The molecule has 21 heavy (non-hydrogen) atoms. The van der Waals surface area contributed by atoms with E-state index in [1.54, 1.807) is 18.2 Å². The molecule has 2 aromatic carbocycles. The van der Waals surface area contributed by atoms with Crippen LogP contribution in [-0.4, -0.2) is 4.92 Å². The molecule has 0 bridgehead atoms. The predicted octanol–water partition coefficient (Wildman–Crippen LogP) is 4.45. The quantitative estimate of drug-likeness (QED) is 0.654. The second kappa shape index (κ2) is 6.56. The van der Waals surface area contributed by atoms with Gasteiger partial charge in [-0.25, -0.2) is 0 Å². The lowest BCUT2D eigenvalue weighted by Crippen LogP contribution is -2.09. The zero-order valence-electron chi connectivity index (χ0n) is 11.5. The third-order valence-corrected chi connectivity index (χ3v) is 3.33. The van der Waals surface area contributed by atoms with Crippen molar-refractivity contribution in [2.24, 2.45) is 5.73 Å². The highest BCUT2D eigenvalue weighted by Gasteiger charge is 2.18. The summed E-state index contributed by atoms with van der Waals surface area (Å²) in [7, 11) is 0. The highest BCUT2D eigenvalue weighted by atomic mass is 35.5. The third-order valence-electron chi connectivity index (χ3n) is 3.10. The maximum absolute atomic E-state index is 11.1. The van der Waals surface area contributed by atoms with Crippen LogP contribution in [-0.2, 0) is 0 Å². The Hall–Kier alpha value is -2.11. The topological polar surface area (TPSA) is 78.4 Å². The molecular formula is C15H15ClN2O3. The molecule has 0 heterocycles. The lowest BCUT2D eigenvalue weighted by Gasteiger charge is -2.15. The van der Waals surface area contributed by atoms with E-state index in [2.05, 4.69) is 0 Å². The summed E-state index contributed by atoms with van der Waals surface area (Å²) in [4.78, 5) is 10.6. The smallest absolute Gasteiger partial charge is 0.313 e. The monoisotopic (exact) mass is 306 g/mol. The van der Waals surface area contributed by atoms with Gasteiger partial charge in [-0.3, -0.25) is 10.1 Å². The molecule has 0 fully saturated rings. The summed E-state index contributed by atoms with van der Waals surface area (Å²) in [6.45, 7) is 1.96. The Morgan fingerprint density at radius 1 is 1.29 bits per heavy atom. The largest absolute Gasteiger partial charge is 0.450 e. The van der Waals surface area contributed by atoms with E-state index in [9.17, 15) is 10.1 Å². The maximum Gasteiger partial charge on any atom is 0.313 e. The predicted molar refractivity (Wildman–Crippen MR) is 81.8 cm³/mol. The van der Waals surface area contributed by atoms with E-state index >= 15 is 0 Å². The van der Waals surface area contributed by atoms with Gasteiger partial charge in [0.1, 0.15) is 5.75 Å². The lowest BCUT2D eigenvalue weighted by molar-refractivity contribution is -0.385. The van der Waals surface area contributed by atoms with Crippen molar-refractivity contribution in [3.8, 4) is 11.5 Å². The van der Waals surface area contributed by atoms with Crippen molar-refractivity contribution in [3.63, 3.8) is 0 Å². The van der Waals surface area contributed by atoms with Crippen LogP contribution in [0.4, 0.5) is 5.69 Å². The molecule has 0 spiro atoms. The molecule has 0 aliphatic carbocycles. The Labute approximate surface area is 127 Å². The minimum absolute atomic E-state index is 0.139. The summed E-state index contributed by atoms with van der Waals surface area (Å²) in [5.74, 6) is 0.650. The number of rotatable bonds is 5. The second-order valence-electron chi connectivity index (χ2n) is 4.52. The molecular weight excluding hydrogens is 292 g/mol. The lowest BCUT2D eigenvalue weighted by atomic mass is 10.0. The van der Waals surface area contributed by atoms with Crippen LogP contribution in [0.3, 0.4) is 0 Å². The minimum atomic E-state index is -0.524. The van der Waals surface area contributed by atoms with Gasteiger partial charge in [-0.1, -0.05) is 36.7 Å². The molecule has 0 saturated carbocycles. The Morgan fingerprint density at radius 3 is 2.67 bits per heavy atom. The zero-order valence-corrected chi connectivity index (χ0v) is 12.2. The van der Waals surface area contributed by atoms with Gasteiger partial charge in [0.15, 0.2) is 0 Å². The molecule has 6 heteroatoms. The Morgan fingerprint density at radius 2 is 2.00 bits per heavy atom. The fraction of sp³-hybridized carbons (Fsp3) is 0.200. The van der Waals surface area contributed by atoms with Crippen LogP contribution in [0.5, 0.6) is 11.5 Å². The number of hydrogen-bond donors (Lipinski definition) is 1. The van der Waals surface area contributed by atoms with Gasteiger partial charge in [0, 0.05) is 22.7 Å². The Balaban J connectivity index is 2.41. The molecule has 2 N–H and O–H groups in total. The second-order valence-corrected chi connectivity index (χ2v) is 4.96. The number of benzene rings is 2. The van der Waals surface area contributed by atoms with Gasteiger partial charge >= 0.3 is 5.69 Å². The molecule has 0 aliphatic heterocycles. The van der Waals surface area contributed by atoms with Gasteiger partial charge in [0.05, 0.1) is 4.92 Å². The molecule has 2 rings (SSSR count). The summed E-state index contributed by atoms with van der Waals surface area (Å²) in [5.41, 5.74) is 6.67. The van der Waals surface area contributed by atoms with Crippen LogP contribution in [0.25, 0.3) is 0 Å². The average molecular weight is 307 g/mol. The molecule has 0 radical (unpaired) electrons. The number of nitrogens with zero attached hydrogens (tertiary/aromatic N) is 1. The molecule has 1 atom stereocenters. The van der Waals surface area contributed by atoms with Crippen LogP contribution in [0.15, 0.2) is 42.5 Å². The highest BCUT2D eigenvalue weighted by Crippen LogP contribution is 2.36. The van der Waals surface area contributed by atoms with Crippen LogP contribution < -0.4 is 10.5 Å². The Bertz CT molecular complexity index is 661. The standard InChI is InChI=1S/C15H15ClN2O3/c1-2-12(17)11-5-3-4-6-14(11)21-15-8-7-10(16)9-13(15)18(19)20/h3-9,12H,2,17H2,1H3/t12-/m0/s1. The maximum atomic E-state index is 11.1. The van der Waals surface area contributed by atoms with Crippen LogP contribution in [0, 0.1) is 10.1 Å². The minimum Gasteiger partial charge on any atom is -0.450 e. The molecule has 0 unspecified atom stereocenters. The van der Waals surface area contributed by atoms with E-state index in [1.807, 2.05) is 19.1 Å². The third kappa shape index (κ3) is 3.51. The zero-order chi connectivity index (χ0) is 15.4. The first-order valence-electron chi connectivity index (χ1n) is 6.49. The van der Waals surface area contributed by atoms with Crippen LogP contribution in [0.2, 0.25) is 5.02 Å². The van der Waals surface area contributed by atoms with E-state index in [4.69, 9.17) is 22.1 Å². The molecule has 0 aromatic heterocycles. The first-order valence-corrected chi connectivity index (χ1v) is 6.87. The van der Waals surface area contributed by atoms with E-state index < -0.39 is 4.92 Å². The van der Waals surface area contributed by atoms with Crippen LogP contribution >= 0.6 is 11.6 Å². The van der Waals surface area contributed by atoms with Gasteiger partial charge in [0.25, 0.3) is 0 Å². The molecule has 0 saturated heterocycles. The van der Waals surface area contributed by atoms with Crippen molar-refractivity contribution in [3.05, 3.63) is 63.2 Å². The summed E-state index contributed by atoms with van der Waals surface area (Å²) < 4.78 is 5.70. The summed E-state index contributed by atoms with van der Waals surface area (Å²) in [6.07, 6.45) is 0.739. The van der Waals surface area contributed by atoms with Crippen molar-refractivity contribution in [1.29, 1.82) is 0 Å². The number of nitro groups is 1. The van der Waals surface area contributed by atoms with Gasteiger partial charge in [-0.15, -0.1) is 0 Å². The Kier molecular flexibility index (Phi) is 4.77. The van der Waals surface area contributed by atoms with Crippen molar-refractivity contribution in [1.82, 2.24) is 0 Å². The SMILES string of the molecule is CC[C@H](N)c1ccccc1Oc1ccc(Cl)cc1[N+](=O)[O-]. The van der Waals surface area contributed by atoms with Crippen molar-refractivity contribution in [2.75, 3.05) is 0 Å². The number of nitrogens with two attached hydrogens (primary N) is 1. The number of ether oxygens (including phenoxy) is 1. The van der Waals surface area contributed by atoms with Gasteiger partial charge in [0.2, 0.25) is 5.75 Å². The van der Waals surface area contributed by atoms with E-state index in [0.29, 0.717) is 5.75 Å². The fourth-order valence-electron chi connectivity index (χ4n) is 1.94. The summed E-state index contributed by atoms with van der Waals surface area (Å²) >= 11 is 5.79. The highest BCUT2D eigenvalue weighted by molar-refractivity contribution is 6.30. The molecule has 2 aromatic rings. The average Bonchev–Trinajstić information content (AvgIpc) is 2.48. The molecule has 5 nitrogen and oxygen atoms in total. The fourth-order valence-corrected chi connectivity index (χ4v) is 2.10. The first kappa shape index (κ1) is 15.3. The van der Waals surface area contributed by atoms with Gasteiger partial charge in [-0.2, -0.15) is 0 Å². The van der Waals surface area contributed by atoms with E-state index in [-0.39, 0.29) is 22.5 Å². The van der Waals surface area contributed by atoms with Crippen molar-refractivity contribution in [2.45, 2.75) is 19.4 Å². The number of para-hydroxylation sites is 1. The van der Waals surface area contributed by atoms with Gasteiger partial charge < -0.3 is 10.5 Å². The molecule has 0 amide bonds. The van der Waals surface area contributed by atoms with E-state index in [0.717, 1.165) is 12.0 Å². The van der Waals surface area contributed by atoms with Crippen LogP contribution in [0.1, 0.15) is 24.9 Å². The molecule has 0 aliphatic rings. The number of hydrogen-bond acceptors (Lipinski definition) is 4. The van der Waals surface area contributed by atoms with Gasteiger partial charge in [-0.05, 0) is 24.6 Å². The van der Waals surface area contributed by atoms with Crippen molar-refractivity contribution < 1.29 is 9.66 Å². The number of halogens is 1.